The van der Waals surface area contributed by atoms with Gasteiger partial charge in [-0.3, -0.25) is 25.3 Å². The van der Waals surface area contributed by atoms with Crippen LogP contribution in [0.5, 0.6) is 0 Å². The molecule has 2 N–H and O–H groups in total. The van der Waals surface area contributed by atoms with Gasteiger partial charge in [-0.1, -0.05) is 78.9 Å². The molecule has 3 aromatic carbocycles. The Morgan fingerprint density at radius 2 is 1.63 bits per heavy atom. The van der Waals surface area contributed by atoms with E-state index in [0.29, 0.717) is 23.4 Å². The first-order valence-electron chi connectivity index (χ1n) is 11.5. The monoisotopic (exact) mass is 465 g/mol. The Labute approximate surface area is 201 Å². The standard InChI is InChI=1S/C27H23N5O3/c1-26(24(33)29-25-28-22(30-31-25)15-17-9-3-2-4-10-17)16-27(32(34)35)20-13-7-5-11-18(20)23(26)19-12-6-8-14-21(19)27/h2-14,23H,15-16H2,1H3,(H2,28,29,30,31,33)/t23?,26-,27?/m0/s1. The molecular formula is C27H23N5O3. The van der Waals surface area contributed by atoms with E-state index in [1.165, 1.54) is 0 Å². The normalized spacial score (nSPS) is 23.9. The van der Waals surface area contributed by atoms with Crippen LogP contribution in [-0.4, -0.2) is 26.0 Å². The fourth-order valence-electron chi connectivity index (χ4n) is 6.01. The molecular weight excluding hydrogens is 442 g/mol. The van der Waals surface area contributed by atoms with Crippen LogP contribution in [0.1, 0.15) is 52.9 Å². The third-order valence-corrected chi connectivity index (χ3v) is 7.50. The highest BCUT2D eigenvalue weighted by atomic mass is 16.6. The van der Waals surface area contributed by atoms with Crippen LogP contribution in [-0.2, 0) is 16.8 Å². The summed E-state index contributed by atoms with van der Waals surface area (Å²) in [5.41, 5.74) is 1.49. The van der Waals surface area contributed by atoms with E-state index < -0.39 is 11.0 Å². The maximum absolute atomic E-state index is 13.8. The molecule has 0 unspecified atom stereocenters. The average Bonchev–Trinajstić information content (AvgIpc) is 3.31. The number of amides is 1. The van der Waals surface area contributed by atoms with Crippen molar-refractivity contribution < 1.29 is 9.72 Å². The van der Waals surface area contributed by atoms with Crippen molar-refractivity contribution in [3.05, 3.63) is 123 Å². The van der Waals surface area contributed by atoms with Crippen LogP contribution in [0.25, 0.3) is 0 Å². The number of nitrogens with zero attached hydrogens (tertiary/aromatic N) is 3. The molecule has 0 aliphatic heterocycles. The van der Waals surface area contributed by atoms with Crippen LogP contribution >= 0.6 is 0 Å². The van der Waals surface area contributed by atoms with Crippen molar-refractivity contribution in [3.8, 4) is 0 Å². The number of benzene rings is 3. The maximum Gasteiger partial charge on any atom is 0.273 e. The van der Waals surface area contributed by atoms with Crippen molar-refractivity contribution in [2.75, 3.05) is 5.32 Å². The van der Waals surface area contributed by atoms with Gasteiger partial charge in [0.1, 0.15) is 5.82 Å². The van der Waals surface area contributed by atoms with Crippen molar-refractivity contribution in [2.45, 2.75) is 31.2 Å². The van der Waals surface area contributed by atoms with Crippen LogP contribution in [0.2, 0.25) is 0 Å². The number of anilines is 1. The summed E-state index contributed by atoms with van der Waals surface area (Å²) in [6.45, 7) is 1.81. The first kappa shape index (κ1) is 21.2. The third kappa shape index (κ3) is 3.02. The van der Waals surface area contributed by atoms with Gasteiger partial charge in [0.15, 0.2) is 0 Å². The predicted octanol–water partition coefficient (Wildman–Crippen LogP) is 4.41. The van der Waals surface area contributed by atoms with Gasteiger partial charge in [-0.25, -0.2) is 0 Å². The van der Waals surface area contributed by atoms with Crippen molar-refractivity contribution >= 4 is 11.9 Å². The number of hydrogen-bond donors (Lipinski definition) is 2. The van der Waals surface area contributed by atoms with E-state index in [1.54, 1.807) is 0 Å². The van der Waals surface area contributed by atoms with Gasteiger partial charge < -0.3 is 0 Å². The largest absolute Gasteiger partial charge is 0.293 e. The topological polar surface area (TPSA) is 114 Å². The molecule has 1 amide bonds. The second-order valence-electron chi connectivity index (χ2n) is 9.54. The molecule has 3 aliphatic carbocycles. The summed E-state index contributed by atoms with van der Waals surface area (Å²) in [7, 11) is 0. The number of nitro groups is 1. The summed E-state index contributed by atoms with van der Waals surface area (Å²) in [5.74, 6) is 0.141. The number of rotatable bonds is 5. The maximum atomic E-state index is 13.8. The zero-order chi connectivity index (χ0) is 24.2. The molecule has 0 saturated carbocycles. The molecule has 8 nitrogen and oxygen atoms in total. The smallest absolute Gasteiger partial charge is 0.273 e. The number of carbonyl (C=O) groups excluding carboxylic acids is 1. The van der Waals surface area contributed by atoms with Gasteiger partial charge in [0.25, 0.3) is 5.54 Å². The Morgan fingerprint density at radius 3 is 2.26 bits per heavy atom. The van der Waals surface area contributed by atoms with Crippen LogP contribution in [0.3, 0.4) is 0 Å². The van der Waals surface area contributed by atoms with E-state index in [4.69, 9.17) is 0 Å². The minimum atomic E-state index is -1.49. The molecule has 4 aromatic rings. The number of fused-ring (bicyclic) bond motifs is 1. The molecule has 35 heavy (non-hydrogen) atoms. The highest BCUT2D eigenvalue weighted by Gasteiger charge is 2.67. The van der Waals surface area contributed by atoms with E-state index in [2.05, 4.69) is 20.5 Å². The molecule has 0 saturated heterocycles. The predicted molar refractivity (Wildman–Crippen MR) is 129 cm³/mol. The van der Waals surface area contributed by atoms with E-state index in [-0.39, 0.29) is 29.1 Å². The highest BCUT2D eigenvalue weighted by molar-refractivity contribution is 5.96. The Kier molecular flexibility index (Phi) is 4.60. The summed E-state index contributed by atoms with van der Waals surface area (Å²) in [6.07, 6.45) is 0.605. The molecule has 2 bridgehead atoms. The molecule has 174 valence electrons. The van der Waals surface area contributed by atoms with E-state index in [0.717, 1.165) is 16.7 Å². The number of H-pyrrole nitrogens is 1. The number of hydrogen-bond acceptors (Lipinski definition) is 5. The summed E-state index contributed by atoms with van der Waals surface area (Å²) in [4.78, 5) is 30.8. The third-order valence-electron chi connectivity index (χ3n) is 7.50. The van der Waals surface area contributed by atoms with Gasteiger partial charge in [-0.15, -0.1) is 5.10 Å². The Balaban J connectivity index is 1.38. The molecule has 1 aromatic heterocycles. The Hall–Kier alpha value is -4.33. The lowest BCUT2D eigenvalue weighted by Gasteiger charge is -2.52. The second kappa shape index (κ2) is 7.59. The lowest BCUT2D eigenvalue weighted by molar-refractivity contribution is -0.573. The SMILES string of the molecule is C[C@]1(C(=O)Nc2n[nH]c(Cc3ccccc3)n2)CC2([N+](=O)[O-])c3ccccc3C1c1ccccc12. The quantitative estimate of drug-likeness (QED) is 0.335. The van der Waals surface area contributed by atoms with Crippen LogP contribution in [0, 0.1) is 15.5 Å². The molecule has 0 fully saturated rings. The molecule has 0 spiro atoms. The van der Waals surface area contributed by atoms with Gasteiger partial charge in [-0.05, 0) is 23.6 Å². The first-order valence-corrected chi connectivity index (χ1v) is 11.5. The number of aromatic amines is 1. The van der Waals surface area contributed by atoms with Crippen molar-refractivity contribution in [3.63, 3.8) is 0 Å². The van der Waals surface area contributed by atoms with Crippen LogP contribution < -0.4 is 5.32 Å². The number of aromatic nitrogens is 3. The van der Waals surface area contributed by atoms with Crippen molar-refractivity contribution in [1.29, 1.82) is 0 Å². The zero-order valence-electron chi connectivity index (χ0n) is 19.1. The van der Waals surface area contributed by atoms with E-state index in [1.807, 2.05) is 85.8 Å². The van der Waals surface area contributed by atoms with E-state index >= 15 is 0 Å². The van der Waals surface area contributed by atoms with Crippen LogP contribution in [0.15, 0.2) is 78.9 Å². The Bertz CT molecular complexity index is 1420. The minimum Gasteiger partial charge on any atom is -0.293 e. The first-order chi connectivity index (χ1) is 16.9. The van der Waals surface area contributed by atoms with Gasteiger partial charge in [0, 0.05) is 34.8 Å². The average molecular weight is 466 g/mol. The fraction of sp³-hybridized carbons (Fsp3) is 0.222. The summed E-state index contributed by atoms with van der Waals surface area (Å²) in [6, 6.07) is 24.7. The molecule has 3 aliphatic rings. The summed E-state index contributed by atoms with van der Waals surface area (Å²) < 4.78 is 0. The van der Waals surface area contributed by atoms with Gasteiger partial charge in [-0.2, -0.15) is 4.98 Å². The lowest BCUT2D eigenvalue weighted by Crippen LogP contribution is -2.57. The molecule has 7 rings (SSSR count). The molecule has 8 heteroatoms. The minimum absolute atomic E-state index is 0.0544. The highest BCUT2D eigenvalue weighted by Crippen LogP contribution is 2.63. The number of carbonyl (C=O) groups is 1. The van der Waals surface area contributed by atoms with Crippen molar-refractivity contribution in [2.24, 2.45) is 5.41 Å². The van der Waals surface area contributed by atoms with Gasteiger partial charge in [0.2, 0.25) is 11.9 Å². The molecule has 1 heterocycles. The fourth-order valence-corrected chi connectivity index (χ4v) is 6.01. The Morgan fingerprint density at radius 1 is 1.03 bits per heavy atom. The zero-order valence-corrected chi connectivity index (χ0v) is 19.1. The van der Waals surface area contributed by atoms with E-state index in [9.17, 15) is 14.9 Å². The van der Waals surface area contributed by atoms with Gasteiger partial charge in [0.05, 0.1) is 5.41 Å². The molecule has 0 radical (unpaired) electrons. The molecule has 1 atom stereocenters. The second-order valence-corrected chi connectivity index (χ2v) is 9.54. The summed E-state index contributed by atoms with van der Waals surface area (Å²) in [5, 5.41) is 22.7. The lowest BCUT2D eigenvalue weighted by atomic mass is 9.49. The van der Waals surface area contributed by atoms with Crippen molar-refractivity contribution in [1.82, 2.24) is 15.2 Å². The van der Waals surface area contributed by atoms with Crippen LogP contribution in [0.4, 0.5) is 5.95 Å². The number of nitrogens with one attached hydrogen (secondary N) is 2. The van der Waals surface area contributed by atoms with Gasteiger partial charge >= 0.3 is 0 Å². The summed E-state index contributed by atoms with van der Waals surface area (Å²) >= 11 is 0.